The fourth-order valence-electron chi connectivity index (χ4n) is 1.94. The predicted molar refractivity (Wildman–Crippen MR) is 73.3 cm³/mol. The van der Waals surface area contributed by atoms with Gasteiger partial charge >= 0.3 is 0 Å². The van der Waals surface area contributed by atoms with Gasteiger partial charge in [0.15, 0.2) is 0 Å². The number of para-hydroxylation sites is 1. The predicted octanol–water partition coefficient (Wildman–Crippen LogP) is 1.92. The van der Waals surface area contributed by atoms with E-state index in [1.165, 1.54) is 0 Å². The fraction of sp³-hybridized carbons (Fsp3) is 0.286. The molecule has 0 saturated heterocycles. The standard InChI is InChI=1S/C14H17N3O2/c1-10-8-13(17(2)16-10)15-14(18)9-11-6-4-5-7-12(11)19-3/h4-8H,9H2,1-3H3,(H,15,18). The second-order valence-electron chi connectivity index (χ2n) is 4.33. The van der Waals surface area contributed by atoms with Crippen LogP contribution in [-0.2, 0) is 18.3 Å². The first kappa shape index (κ1) is 13.1. The van der Waals surface area contributed by atoms with Crippen LogP contribution in [0.1, 0.15) is 11.3 Å². The third-order valence-corrected chi connectivity index (χ3v) is 2.81. The lowest BCUT2D eigenvalue weighted by Gasteiger charge is -2.08. The van der Waals surface area contributed by atoms with E-state index in [1.54, 1.807) is 18.8 Å². The molecule has 5 nitrogen and oxygen atoms in total. The Morgan fingerprint density at radius 2 is 2.16 bits per heavy atom. The van der Waals surface area contributed by atoms with Crippen molar-refractivity contribution in [3.05, 3.63) is 41.6 Å². The first-order valence-electron chi connectivity index (χ1n) is 6.02. The highest BCUT2D eigenvalue weighted by Gasteiger charge is 2.10. The molecule has 0 fully saturated rings. The highest BCUT2D eigenvalue weighted by molar-refractivity contribution is 5.91. The number of aromatic nitrogens is 2. The Kier molecular flexibility index (Phi) is 3.85. The molecule has 2 rings (SSSR count). The van der Waals surface area contributed by atoms with Crippen LogP contribution < -0.4 is 10.1 Å². The summed E-state index contributed by atoms with van der Waals surface area (Å²) in [5, 5.41) is 7.02. The smallest absolute Gasteiger partial charge is 0.230 e. The third kappa shape index (κ3) is 3.13. The molecule has 1 aromatic heterocycles. The summed E-state index contributed by atoms with van der Waals surface area (Å²) in [7, 11) is 3.40. The van der Waals surface area contributed by atoms with Gasteiger partial charge in [-0.1, -0.05) is 18.2 Å². The third-order valence-electron chi connectivity index (χ3n) is 2.81. The molecule has 5 heteroatoms. The van der Waals surface area contributed by atoms with Crippen LogP contribution in [0.3, 0.4) is 0 Å². The SMILES string of the molecule is COc1ccccc1CC(=O)Nc1cc(C)nn1C. The Morgan fingerprint density at radius 3 is 2.79 bits per heavy atom. The number of benzene rings is 1. The lowest BCUT2D eigenvalue weighted by atomic mass is 10.1. The highest BCUT2D eigenvalue weighted by atomic mass is 16.5. The minimum atomic E-state index is -0.0903. The zero-order chi connectivity index (χ0) is 13.8. The van der Waals surface area contributed by atoms with Crippen molar-refractivity contribution in [2.24, 2.45) is 7.05 Å². The molecule has 0 bridgehead atoms. The lowest BCUT2D eigenvalue weighted by Crippen LogP contribution is -2.17. The molecule has 1 amide bonds. The van der Waals surface area contributed by atoms with Gasteiger partial charge in [0.1, 0.15) is 11.6 Å². The van der Waals surface area contributed by atoms with Crippen molar-refractivity contribution in [1.29, 1.82) is 0 Å². The van der Waals surface area contributed by atoms with Crippen LogP contribution in [0.15, 0.2) is 30.3 Å². The number of methoxy groups -OCH3 is 1. The number of nitrogens with one attached hydrogen (secondary N) is 1. The van der Waals surface area contributed by atoms with E-state index in [1.807, 2.05) is 37.3 Å². The molecule has 100 valence electrons. The van der Waals surface area contributed by atoms with E-state index in [4.69, 9.17) is 4.74 Å². The molecule has 0 atom stereocenters. The van der Waals surface area contributed by atoms with Crippen molar-refractivity contribution in [2.45, 2.75) is 13.3 Å². The van der Waals surface area contributed by atoms with Crippen LogP contribution in [0.5, 0.6) is 5.75 Å². The van der Waals surface area contributed by atoms with Crippen LogP contribution in [0, 0.1) is 6.92 Å². The Hall–Kier alpha value is -2.30. The van der Waals surface area contributed by atoms with Gasteiger partial charge in [-0.05, 0) is 13.0 Å². The Morgan fingerprint density at radius 1 is 1.42 bits per heavy atom. The van der Waals surface area contributed by atoms with E-state index in [0.29, 0.717) is 5.82 Å². The number of rotatable bonds is 4. The van der Waals surface area contributed by atoms with Crippen molar-refractivity contribution in [1.82, 2.24) is 9.78 Å². The Bertz CT molecular complexity index is 590. The monoisotopic (exact) mass is 259 g/mol. The topological polar surface area (TPSA) is 56.1 Å². The van der Waals surface area contributed by atoms with Crippen LogP contribution in [-0.4, -0.2) is 22.8 Å². The number of ether oxygens (including phenoxy) is 1. The van der Waals surface area contributed by atoms with Gasteiger partial charge in [-0.15, -0.1) is 0 Å². The fourth-order valence-corrected chi connectivity index (χ4v) is 1.94. The summed E-state index contributed by atoms with van der Waals surface area (Å²) >= 11 is 0. The minimum absolute atomic E-state index is 0.0903. The zero-order valence-corrected chi connectivity index (χ0v) is 11.3. The number of nitrogens with zero attached hydrogens (tertiary/aromatic N) is 2. The molecule has 0 aliphatic heterocycles. The summed E-state index contributed by atoms with van der Waals surface area (Å²) in [5.41, 5.74) is 1.73. The molecule has 0 unspecified atom stereocenters. The number of carbonyl (C=O) groups excluding carboxylic acids is 1. The van der Waals surface area contributed by atoms with Gasteiger partial charge in [0, 0.05) is 18.7 Å². The van der Waals surface area contributed by atoms with Crippen molar-refractivity contribution >= 4 is 11.7 Å². The van der Waals surface area contributed by atoms with Gasteiger partial charge in [0.2, 0.25) is 5.91 Å². The molecule has 0 aliphatic carbocycles. The second-order valence-corrected chi connectivity index (χ2v) is 4.33. The van der Waals surface area contributed by atoms with Crippen LogP contribution in [0.2, 0.25) is 0 Å². The van der Waals surface area contributed by atoms with Crippen molar-refractivity contribution in [3.63, 3.8) is 0 Å². The lowest BCUT2D eigenvalue weighted by molar-refractivity contribution is -0.115. The maximum Gasteiger partial charge on any atom is 0.230 e. The highest BCUT2D eigenvalue weighted by Crippen LogP contribution is 2.18. The summed E-state index contributed by atoms with van der Waals surface area (Å²) in [5.74, 6) is 1.32. The van der Waals surface area contributed by atoms with Crippen molar-refractivity contribution in [2.75, 3.05) is 12.4 Å². The molecule has 19 heavy (non-hydrogen) atoms. The maximum atomic E-state index is 12.0. The summed E-state index contributed by atoms with van der Waals surface area (Å²) in [6, 6.07) is 9.33. The molecule has 0 saturated carbocycles. The van der Waals surface area contributed by atoms with E-state index in [-0.39, 0.29) is 12.3 Å². The maximum absolute atomic E-state index is 12.0. The summed E-state index contributed by atoms with van der Waals surface area (Å²) in [6.07, 6.45) is 0.272. The normalized spacial score (nSPS) is 10.3. The molecule has 1 heterocycles. The van der Waals surface area contributed by atoms with Crippen molar-refractivity contribution in [3.8, 4) is 5.75 Å². The van der Waals surface area contributed by atoms with Gasteiger partial charge < -0.3 is 10.1 Å². The molecule has 1 aromatic carbocycles. The average Bonchev–Trinajstić information content (AvgIpc) is 2.68. The van der Waals surface area contributed by atoms with Gasteiger partial charge in [0.05, 0.1) is 19.2 Å². The second kappa shape index (κ2) is 5.56. The number of carbonyl (C=O) groups is 1. The number of hydrogen-bond donors (Lipinski definition) is 1. The van der Waals surface area contributed by atoms with E-state index in [0.717, 1.165) is 17.0 Å². The number of hydrogen-bond acceptors (Lipinski definition) is 3. The van der Waals surface area contributed by atoms with E-state index in [9.17, 15) is 4.79 Å². The van der Waals surface area contributed by atoms with Crippen LogP contribution in [0.4, 0.5) is 5.82 Å². The van der Waals surface area contributed by atoms with Gasteiger partial charge in [-0.25, -0.2) is 0 Å². The summed E-state index contributed by atoms with van der Waals surface area (Å²) in [4.78, 5) is 12.0. The van der Waals surface area contributed by atoms with Crippen molar-refractivity contribution < 1.29 is 9.53 Å². The molecule has 0 radical (unpaired) electrons. The Balaban J connectivity index is 2.07. The first-order valence-corrected chi connectivity index (χ1v) is 6.02. The quantitative estimate of drug-likeness (QED) is 0.912. The van der Waals surface area contributed by atoms with Crippen LogP contribution >= 0.6 is 0 Å². The molecule has 0 spiro atoms. The molecule has 0 aliphatic rings. The average molecular weight is 259 g/mol. The minimum Gasteiger partial charge on any atom is -0.496 e. The number of aryl methyl sites for hydroxylation is 2. The van der Waals surface area contributed by atoms with Crippen LogP contribution in [0.25, 0.3) is 0 Å². The van der Waals surface area contributed by atoms with E-state index < -0.39 is 0 Å². The van der Waals surface area contributed by atoms with Gasteiger partial charge in [0.25, 0.3) is 0 Å². The molecule has 2 aromatic rings. The summed E-state index contributed by atoms with van der Waals surface area (Å²) in [6.45, 7) is 1.88. The largest absolute Gasteiger partial charge is 0.496 e. The number of amides is 1. The molecular formula is C14H17N3O2. The zero-order valence-electron chi connectivity index (χ0n) is 11.3. The molecular weight excluding hydrogens is 242 g/mol. The van der Waals surface area contributed by atoms with E-state index >= 15 is 0 Å². The van der Waals surface area contributed by atoms with Gasteiger partial charge in [-0.3, -0.25) is 9.48 Å². The number of anilines is 1. The van der Waals surface area contributed by atoms with Gasteiger partial charge in [-0.2, -0.15) is 5.10 Å². The summed E-state index contributed by atoms with van der Waals surface area (Å²) < 4.78 is 6.87. The first-order chi connectivity index (χ1) is 9.10. The Labute approximate surface area is 112 Å². The van der Waals surface area contributed by atoms with E-state index in [2.05, 4.69) is 10.4 Å². The molecule has 1 N–H and O–H groups in total.